The standard InChI is InChI=1S/C16H24N4O4/c1-11(7-15(22)23)18-16(24)12-8-17-20(9-12)10-14(21)19-13-5-3-2-4-6-13/h8-9,11,13H,2-7,10H2,1H3,(H,18,24)(H,19,21)(H,22,23). The van der Waals surface area contributed by atoms with Crippen molar-refractivity contribution in [1.29, 1.82) is 0 Å². The average molecular weight is 336 g/mol. The van der Waals surface area contributed by atoms with Crippen molar-refractivity contribution in [2.45, 2.75) is 64.1 Å². The van der Waals surface area contributed by atoms with E-state index in [1.54, 1.807) is 6.92 Å². The van der Waals surface area contributed by atoms with Gasteiger partial charge in [0.1, 0.15) is 6.54 Å². The highest BCUT2D eigenvalue weighted by atomic mass is 16.4. The van der Waals surface area contributed by atoms with E-state index in [-0.39, 0.29) is 24.9 Å². The van der Waals surface area contributed by atoms with E-state index in [1.807, 2.05) is 0 Å². The predicted molar refractivity (Wildman–Crippen MR) is 86.4 cm³/mol. The predicted octanol–water partition coefficient (Wildman–Crippen LogP) is 0.925. The molecule has 0 saturated heterocycles. The number of hydrogen-bond donors (Lipinski definition) is 3. The molecule has 2 rings (SSSR count). The van der Waals surface area contributed by atoms with Crippen LogP contribution in [-0.2, 0) is 16.1 Å². The van der Waals surface area contributed by atoms with E-state index in [0.29, 0.717) is 5.56 Å². The van der Waals surface area contributed by atoms with Crippen molar-refractivity contribution in [1.82, 2.24) is 20.4 Å². The molecule has 132 valence electrons. The van der Waals surface area contributed by atoms with Crippen LogP contribution in [0.2, 0.25) is 0 Å². The number of carboxylic acid groups (broad SMARTS) is 1. The van der Waals surface area contributed by atoms with Crippen molar-refractivity contribution in [2.75, 3.05) is 0 Å². The number of carbonyl (C=O) groups is 3. The SMILES string of the molecule is CC(CC(=O)O)NC(=O)c1cnn(CC(=O)NC2CCCCC2)c1. The fourth-order valence-corrected chi connectivity index (χ4v) is 2.85. The Bertz CT molecular complexity index is 593. The highest BCUT2D eigenvalue weighted by molar-refractivity contribution is 5.94. The second-order valence-electron chi connectivity index (χ2n) is 6.30. The first-order valence-corrected chi connectivity index (χ1v) is 8.28. The van der Waals surface area contributed by atoms with Crippen LogP contribution in [0.1, 0.15) is 55.8 Å². The Kier molecular flexibility index (Phi) is 6.34. The number of nitrogens with one attached hydrogen (secondary N) is 2. The molecule has 2 amide bonds. The molecule has 1 atom stereocenters. The molecular formula is C16H24N4O4. The van der Waals surface area contributed by atoms with Crippen molar-refractivity contribution in [3.05, 3.63) is 18.0 Å². The Morgan fingerprint density at radius 1 is 1.33 bits per heavy atom. The van der Waals surface area contributed by atoms with Gasteiger partial charge in [0.15, 0.2) is 0 Å². The third kappa shape index (κ3) is 5.68. The molecule has 24 heavy (non-hydrogen) atoms. The molecule has 1 aliphatic carbocycles. The zero-order valence-corrected chi connectivity index (χ0v) is 13.8. The van der Waals surface area contributed by atoms with Gasteiger partial charge in [0.2, 0.25) is 5.91 Å². The number of amides is 2. The van der Waals surface area contributed by atoms with Crippen LogP contribution >= 0.6 is 0 Å². The summed E-state index contributed by atoms with van der Waals surface area (Å²) in [5, 5.41) is 18.3. The molecule has 0 radical (unpaired) electrons. The van der Waals surface area contributed by atoms with Crippen LogP contribution in [0.25, 0.3) is 0 Å². The summed E-state index contributed by atoms with van der Waals surface area (Å²) in [6.45, 7) is 1.68. The van der Waals surface area contributed by atoms with Crippen LogP contribution in [0.3, 0.4) is 0 Å². The van der Waals surface area contributed by atoms with E-state index in [1.165, 1.54) is 23.5 Å². The van der Waals surface area contributed by atoms with Crippen molar-refractivity contribution >= 4 is 17.8 Å². The van der Waals surface area contributed by atoms with E-state index in [4.69, 9.17) is 5.11 Å². The molecule has 0 aromatic carbocycles. The molecule has 1 aromatic heterocycles. The van der Waals surface area contributed by atoms with Gasteiger partial charge in [-0.3, -0.25) is 19.1 Å². The van der Waals surface area contributed by atoms with Gasteiger partial charge >= 0.3 is 5.97 Å². The lowest BCUT2D eigenvalue weighted by Gasteiger charge is -2.22. The van der Waals surface area contributed by atoms with Gasteiger partial charge in [-0.2, -0.15) is 5.10 Å². The molecule has 3 N–H and O–H groups in total. The van der Waals surface area contributed by atoms with Crippen molar-refractivity contribution < 1.29 is 19.5 Å². The Labute approximate surface area is 140 Å². The molecule has 8 heteroatoms. The lowest BCUT2D eigenvalue weighted by Crippen LogP contribution is -2.38. The van der Waals surface area contributed by atoms with Gasteiger partial charge in [0, 0.05) is 18.3 Å². The number of rotatable bonds is 7. The number of nitrogens with zero attached hydrogens (tertiary/aromatic N) is 2. The van der Waals surface area contributed by atoms with Crippen molar-refractivity contribution in [3.8, 4) is 0 Å². The van der Waals surface area contributed by atoms with Crippen LogP contribution in [0, 0.1) is 0 Å². The Morgan fingerprint density at radius 3 is 2.71 bits per heavy atom. The topological polar surface area (TPSA) is 113 Å². The number of carboxylic acids is 1. The molecule has 8 nitrogen and oxygen atoms in total. The Hall–Kier alpha value is -2.38. The molecule has 1 fully saturated rings. The molecular weight excluding hydrogens is 312 g/mol. The van der Waals surface area contributed by atoms with E-state index >= 15 is 0 Å². The van der Waals surface area contributed by atoms with Gasteiger partial charge in [-0.15, -0.1) is 0 Å². The molecule has 1 heterocycles. The minimum Gasteiger partial charge on any atom is -0.481 e. The first-order chi connectivity index (χ1) is 11.4. The smallest absolute Gasteiger partial charge is 0.305 e. The van der Waals surface area contributed by atoms with Gasteiger partial charge in [-0.1, -0.05) is 19.3 Å². The fraction of sp³-hybridized carbons (Fsp3) is 0.625. The maximum absolute atomic E-state index is 12.0. The third-order valence-electron chi connectivity index (χ3n) is 4.03. The molecule has 0 spiro atoms. The number of aromatic nitrogens is 2. The van der Waals surface area contributed by atoms with Gasteiger partial charge < -0.3 is 15.7 Å². The maximum atomic E-state index is 12.0. The number of aliphatic carboxylic acids is 1. The van der Waals surface area contributed by atoms with Crippen LogP contribution in [0.15, 0.2) is 12.4 Å². The van der Waals surface area contributed by atoms with Crippen LogP contribution in [0.4, 0.5) is 0 Å². The molecule has 0 bridgehead atoms. The van der Waals surface area contributed by atoms with Gasteiger partial charge in [-0.05, 0) is 19.8 Å². The Morgan fingerprint density at radius 2 is 2.04 bits per heavy atom. The monoisotopic (exact) mass is 336 g/mol. The second kappa shape index (κ2) is 8.47. The van der Waals surface area contributed by atoms with Crippen molar-refractivity contribution in [2.24, 2.45) is 0 Å². The largest absolute Gasteiger partial charge is 0.481 e. The molecule has 1 unspecified atom stereocenters. The number of carbonyl (C=O) groups excluding carboxylic acids is 2. The van der Waals surface area contributed by atoms with Crippen LogP contribution in [-0.4, -0.2) is 44.8 Å². The normalized spacial score (nSPS) is 16.4. The van der Waals surface area contributed by atoms with Crippen LogP contribution < -0.4 is 10.6 Å². The average Bonchev–Trinajstić information content (AvgIpc) is 2.95. The highest BCUT2D eigenvalue weighted by Gasteiger charge is 2.17. The molecule has 0 aliphatic heterocycles. The summed E-state index contributed by atoms with van der Waals surface area (Å²) in [5.41, 5.74) is 0.303. The summed E-state index contributed by atoms with van der Waals surface area (Å²) in [7, 11) is 0. The van der Waals surface area contributed by atoms with E-state index in [2.05, 4.69) is 15.7 Å². The maximum Gasteiger partial charge on any atom is 0.305 e. The van der Waals surface area contributed by atoms with Gasteiger partial charge in [0.05, 0.1) is 18.2 Å². The fourth-order valence-electron chi connectivity index (χ4n) is 2.85. The van der Waals surface area contributed by atoms with Gasteiger partial charge in [-0.25, -0.2) is 0 Å². The van der Waals surface area contributed by atoms with E-state index < -0.39 is 17.9 Å². The first kappa shape index (κ1) is 18.0. The zero-order chi connectivity index (χ0) is 17.5. The molecule has 1 saturated carbocycles. The summed E-state index contributed by atoms with van der Waals surface area (Å²) in [5.74, 6) is -1.49. The van der Waals surface area contributed by atoms with E-state index in [0.717, 1.165) is 25.7 Å². The summed E-state index contributed by atoms with van der Waals surface area (Å²) < 4.78 is 1.41. The zero-order valence-electron chi connectivity index (χ0n) is 13.8. The molecule has 1 aromatic rings. The summed E-state index contributed by atoms with van der Waals surface area (Å²) in [6, 6.07) is -0.241. The highest BCUT2D eigenvalue weighted by Crippen LogP contribution is 2.17. The van der Waals surface area contributed by atoms with Crippen LogP contribution in [0.5, 0.6) is 0 Å². The summed E-state index contributed by atoms with van der Waals surface area (Å²) in [4.78, 5) is 34.6. The molecule has 1 aliphatic rings. The lowest BCUT2D eigenvalue weighted by atomic mass is 9.95. The second-order valence-corrected chi connectivity index (χ2v) is 6.30. The van der Waals surface area contributed by atoms with Crippen molar-refractivity contribution in [3.63, 3.8) is 0 Å². The summed E-state index contributed by atoms with van der Waals surface area (Å²) in [6.07, 6.45) is 8.25. The Balaban J connectivity index is 1.82. The first-order valence-electron chi connectivity index (χ1n) is 8.28. The lowest BCUT2D eigenvalue weighted by molar-refractivity contribution is -0.137. The third-order valence-corrected chi connectivity index (χ3v) is 4.03. The van der Waals surface area contributed by atoms with Gasteiger partial charge in [0.25, 0.3) is 5.91 Å². The summed E-state index contributed by atoms with van der Waals surface area (Å²) >= 11 is 0. The van der Waals surface area contributed by atoms with E-state index in [9.17, 15) is 14.4 Å². The quantitative estimate of drug-likeness (QED) is 0.685. The minimum atomic E-state index is -0.974. The minimum absolute atomic E-state index is 0.0639. The number of hydrogen-bond acceptors (Lipinski definition) is 4.